The molecule has 0 heterocycles. The average molecular weight is 607 g/mol. The molecule has 11 heteroatoms. The summed E-state index contributed by atoms with van der Waals surface area (Å²) < 4.78 is 27.1. The Hall–Kier alpha value is -1.81. The van der Waals surface area contributed by atoms with Crippen LogP contribution in [0.15, 0.2) is 40.9 Å². The molecule has 1 atom stereocenters. The molecule has 35 heavy (non-hydrogen) atoms. The van der Waals surface area contributed by atoms with E-state index in [-0.39, 0.29) is 12.5 Å². The van der Waals surface area contributed by atoms with Gasteiger partial charge in [0.1, 0.15) is 12.6 Å². The van der Waals surface area contributed by atoms with Gasteiger partial charge in [-0.3, -0.25) is 13.9 Å². The number of halogens is 3. The number of aryl methyl sites for hydroxylation is 1. The first-order valence-corrected chi connectivity index (χ1v) is 14.5. The van der Waals surface area contributed by atoms with E-state index >= 15 is 0 Å². The van der Waals surface area contributed by atoms with E-state index in [0.717, 1.165) is 33.4 Å². The first-order chi connectivity index (χ1) is 16.3. The number of anilines is 1. The van der Waals surface area contributed by atoms with Crippen LogP contribution in [0, 0.1) is 6.92 Å². The number of benzene rings is 2. The summed E-state index contributed by atoms with van der Waals surface area (Å²) in [5.41, 5.74) is 1.84. The number of carbonyl (C=O) groups is 2. The van der Waals surface area contributed by atoms with Crippen molar-refractivity contribution in [3.8, 4) is 0 Å². The predicted octanol–water partition coefficient (Wildman–Crippen LogP) is 5.16. The number of unbranched alkanes of at least 4 members (excludes halogenated alkanes) is 1. The molecule has 0 bridgehead atoms. The van der Waals surface area contributed by atoms with E-state index in [9.17, 15) is 18.0 Å². The molecule has 0 aliphatic heterocycles. The van der Waals surface area contributed by atoms with Crippen molar-refractivity contribution >= 4 is 66.7 Å². The quantitative estimate of drug-likeness (QED) is 0.358. The van der Waals surface area contributed by atoms with Crippen molar-refractivity contribution in [3.05, 3.63) is 62.0 Å². The van der Waals surface area contributed by atoms with Crippen LogP contribution in [-0.2, 0) is 26.2 Å². The maximum atomic E-state index is 13.5. The smallest absolute Gasteiger partial charge is 0.244 e. The predicted molar refractivity (Wildman–Crippen MR) is 145 cm³/mol. The molecule has 192 valence electrons. The zero-order valence-corrected chi connectivity index (χ0v) is 24.1. The number of hydrogen-bond donors (Lipinski definition) is 1. The van der Waals surface area contributed by atoms with E-state index in [4.69, 9.17) is 23.2 Å². The Morgan fingerprint density at radius 1 is 1.11 bits per heavy atom. The van der Waals surface area contributed by atoms with Crippen LogP contribution < -0.4 is 9.62 Å². The lowest BCUT2D eigenvalue weighted by atomic mass is 10.1. The van der Waals surface area contributed by atoms with Crippen LogP contribution in [0.25, 0.3) is 0 Å². The van der Waals surface area contributed by atoms with E-state index in [1.807, 2.05) is 13.8 Å². The van der Waals surface area contributed by atoms with Crippen molar-refractivity contribution in [2.24, 2.45) is 0 Å². The Balaban J connectivity index is 2.39. The summed E-state index contributed by atoms with van der Waals surface area (Å²) in [6, 6.07) is 9.13. The number of sulfonamides is 1. The fraction of sp³-hybridized carbons (Fsp3) is 0.417. The van der Waals surface area contributed by atoms with Gasteiger partial charge in [0.05, 0.1) is 22.0 Å². The molecule has 2 aromatic rings. The SMILES string of the molecule is CCCCNC(=O)C(C)N(Cc1ccc(Cl)c(Cl)c1)C(=O)CN(c1ccc(Br)c(C)c1)S(C)(=O)=O. The van der Waals surface area contributed by atoms with Gasteiger partial charge in [-0.25, -0.2) is 8.42 Å². The highest BCUT2D eigenvalue weighted by molar-refractivity contribution is 9.10. The second-order valence-corrected chi connectivity index (χ2v) is 11.9. The molecule has 0 spiro atoms. The lowest BCUT2D eigenvalue weighted by Crippen LogP contribution is -2.51. The van der Waals surface area contributed by atoms with E-state index in [1.165, 1.54) is 4.90 Å². The largest absolute Gasteiger partial charge is 0.354 e. The maximum Gasteiger partial charge on any atom is 0.244 e. The molecule has 0 fully saturated rings. The Morgan fingerprint density at radius 2 is 1.80 bits per heavy atom. The standard InChI is InChI=1S/C24H30BrCl2N3O4S/c1-5-6-11-28-24(32)17(3)29(14-18-7-10-21(26)22(27)13-18)23(31)15-30(35(4,33)34)19-8-9-20(25)16(2)12-19/h7-10,12-13,17H,5-6,11,14-15H2,1-4H3,(H,28,32). The van der Waals surface area contributed by atoms with E-state index in [2.05, 4.69) is 21.2 Å². The molecule has 0 saturated carbocycles. The van der Waals surface area contributed by atoms with Crippen LogP contribution >= 0.6 is 39.1 Å². The van der Waals surface area contributed by atoms with Crippen molar-refractivity contribution in [1.82, 2.24) is 10.2 Å². The van der Waals surface area contributed by atoms with Gasteiger partial charge in [-0.2, -0.15) is 0 Å². The normalized spacial score (nSPS) is 12.2. The third-order valence-corrected chi connectivity index (χ3v) is 8.21. The van der Waals surface area contributed by atoms with Crippen molar-refractivity contribution < 1.29 is 18.0 Å². The maximum absolute atomic E-state index is 13.5. The summed E-state index contributed by atoms with van der Waals surface area (Å²) in [5, 5.41) is 3.52. The van der Waals surface area contributed by atoms with Gasteiger partial charge >= 0.3 is 0 Å². The summed E-state index contributed by atoms with van der Waals surface area (Å²) in [4.78, 5) is 27.7. The number of amides is 2. The number of carbonyl (C=O) groups excluding carboxylic acids is 2. The van der Waals surface area contributed by atoms with Gasteiger partial charge < -0.3 is 10.2 Å². The number of rotatable bonds is 11. The Labute approximate surface area is 225 Å². The van der Waals surface area contributed by atoms with Gasteiger partial charge in [-0.1, -0.05) is 58.5 Å². The number of hydrogen-bond acceptors (Lipinski definition) is 4. The van der Waals surface area contributed by atoms with Crippen LogP contribution in [0.4, 0.5) is 5.69 Å². The zero-order valence-electron chi connectivity index (χ0n) is 20.1. The molecule has 2 amide bonds. The van der Waals surface area contributed by atoms with Gasteiger partial charge in [-0.15, -0.1) is 0 Å². The molecule has 0 aliphatic rings. The monoisotopic (exact) mass is 605 g/mol. The molecule has 7 nitrogen and oxygen atoms in total. The van der Waals surface area contributed by atoms with Crippen LogP contribution in [-0.4, -0.2) is 50.5 Å². The summed E-state index contributed by atoms with van der Waals surface area (Å²) >= 11 is 15.6. The molecule has 0 aromatic heterocycles. The summed E-state index contributed by atoms with van der Waals surface area (Å²) in [7, 11) is -3.79. The number of nitrogens with zero attached hydrogens (tertiary/aromatic N) is 2. The van der Waals surface area contributed by atoms with Crippen molar-refractivity contribution in [2.45, 2.75) is 46.2 Å². The Kier molecular flexibility index (Phi) is 10.9. The fourth-order valence-corrected chi connectivity index (χ4v) is 4.76. The molecule has 2 rings (SSSR count). The molecule has 0 radical (unpaired) electrons. The van der Waals surface area contributed by atoms with Gasteiger partial charge in [0.15, 0.2) is 0 Å². The Bertz CT molecular complexity index is 1180. The van der Waals surface area contributed by atoms with Crippen molar-refractivity contribution in [2.75, 3.05) is 23.7 Å². The Morgan fingerprint density at radius 3 is 2.37 bits per heavy atom. The summed E-state index contributed by atoms with van der Waals surface area (Å²) in [6.45, 7) is 5.53. The third kappa shape index (κ3) is 8.37. The molecule has 0 aliphatic carbocycles. The van der Waals surface area contributed by atoms with E-state index in [0.29, 0.717) is 27.8 Å². The zero-order chi connectivity index (χ0) is 26.3. The topological polar surface area (TPSA) is 86.8 Å². The highest BCUT2D eigenvalue weighted by atomic mass is 79.9. The van der Waals surface area contributed by atoms with Crippen LogP contribution in [0.2, 0.25) is 10.0 Å². The minimum atomic E-state index is -3.79. The fourth-order valence-electron chi connectivity index (χ4n) is 3.35. The summed E-state index contributed by atoms with van der Waals surface area (Å²) in [6.07, 6.45) is 2.77. The second kappa shape index (κ2) is 12.9. The van der Waals surface area contributed by atoms with Crippen molar-refractivity contribution in [3.63, 3.8) is 0 Å². The first kappa shape index (κ1) is 29.4. The van der Waals surface area contributed by atoms with Gasteiger partial charge in [0.25, 0.3) is 0 Å². The molecule has 1 N–H and O–H groups in total. The molecular weight excluding hydrogens is 577 g/mol. The highest BCUT2D eigenvalue weighted by Crippen LogP contribution is 2.26. The average Bonchev–Trinajstić information content (AvgIpc) is 2.78. The van der Waals surface area contributed by atoms with Gasteiger partial charge in [0.2, 0.25) is 21.8 Å². The first-order valence-electron chi connectivity index (χ1n) is 11.1. The second-order valence-electron chi connectivity index (χ2n) is 8.29. The van der Waals surface area contributed by atoms with E-state index in [1.54, 1.807) is 43.3 Å². The molecule has 0 saturated heterocycles. The van der Waals surface area contributed by atoms with Gasteiger partial charge in [-0.05, 0) is 61.7 Å². The lowest BCUT2D eigenvalue weighted by Gasteiger charge is -2.31. The van der Waals surface area contributed by atoms with Crippen LogP contribution in [0.1, 0.15) is 37.8 Å². The molecular formula is C24H30BrCl2N3O4S. The lowest BCUT2D eigenvalue weighted by molar-refractivity contribution is -0.139. The van der Waals surface area contributed by atoms with Crippen molar-refractivity contribution in [1.29, 1.82) is 0 Å². The van der Waals surface area contributed by atoms with E-state index < -0.39 is 28.5 Å². The minimum absolute atomic E-state index is 0.0506. The number of nitrogens with one attached hydrogen (secondary N) is 1. The van der Waals surface area contributed by atoms with Crippen LogP contribution in [0.5, 0.6) is 0 Å². The molecule has 1 unspecified atom stereocenters. The minimum Gasteiger partial charge on any atom is -0.354 e. The highest BCUT2D eigenvalue weighted by Gasteiger charge is 2.30. The van der Waals surface area contributed by atoms with Gasteiger partial charge in [0, 0.05) is 17.6 Å². The van der Waals surface area contributed by atoms with Crippen LogP contribution in [0.3, 0.4) is 0 Å². The summed E-state index contributed by atoms with van der Waals surface area (Å²) in [5.74, 6) is -0.850. The third-order valence-electron chi connectivity index (χ3n) is 5.44. The molecule has 2 aromatic carbocycles.